The van der Waals surface area contributed by atoms with Crippen molar-refractivity contribution in [1.82, 2.24) is 15.5 Å². The maximum atomic E-state index is 11.8. The molecule has 112 valence electrons. The molecule has 2 heterocycles. The molecule has 1 aliphatic rings. The van der Waals surface area contributed by atoms with Crippen molar-refractivity contribution in [1.29, 1.82) is 0 Å². The van der Waals surface area contributed by atoms with Gasteiger partial charge in [0.25, 0.3) is 0 Å². The highest BCUT2D eigenvalue weighted by Crippen LogP contribution is 2.27. The molecule has 7 heteroatoms. The third-order valence-corrected chi connectivity index (χ3v) is 4.57. The van der Waals surface area contributed by atoms with Crippen LogP contribution in [0.4, 0.5) is 9.93 Å². The monoisotopic (exact) mass is 298 g/mol. The van der Waals surface area contributed by atoms with Gasteiger partial charge < -0.3 is 10.1 Å². The molecule has 0 radical (unpaired) electrons. The van der Waals surface area contributed by atoms with Crippen molar-refractivity contribution in [3.63, 3.8) is 0 Å². The van der Waals surface area contributed by atoms with Gasteiger partial charge in [-0.2, -0.15) is 0 Å². The summed E-state index contributed by atoms with van der Waals surface area (Å²) < 4.78 is 5.27. The summed E-state index contributed by atoms with van der Waals surface area (Å²) in [6.45, 7) is 6.45. The zero-order chi connectivity index (χ0) is 14.4. The average Bonchev–Trinajstić information content (AvgIpc) is 3.10. The Kier molecular flexibility index (Phi) is 5.72. The van der Waals surface area contributed by atoms with E-state index in [0.717, 1.165) is 37.5 Å². The summed E-state index contributed by atoms with van der Waals surface area (Å²) in [5, 5.41) is 15.3. The molecule has 0 bridgehead atoms. The molecule has 0 spiro atoms. The lowest BCUT2D eigenvalue weighted by Crippen LogP contribution is -2.33. The van der Waals surface area contributed by atoms with Crippen molar-refractivity contribution < 1.29 is 9.53 Å². The second-order valence-corrected chi connectivity index (χ2v) is 6.03. The summed E-state index contributed by atoms with van der Waals surface area (Å²) in [5.74, 6) is 0.858. The zero-order valence-corrected chi connectivity index (χ0v) is 12.8. The number of rotatable bonds is 6. The SMILES string of the molecule is CCC(CC)c1nnc(NC(=O)NC[C@H]2CCOC2)s1. The van der Waals surface area contributed by atoms with E-state index in [1.807, 2.05) is 0 Å². The number of carbonyl (C=O) groups is 1. The maximum absolute atomic E-state index is 11.8. The molecule has 1 aliphatic heterocycles. The van der Waals surface area contributed by atoms with Crippen LogP contribution in [0.25, 0.3) is 0 Å². The van der Waals surface area contributed by atoms with Gasteiger partial charge in [-0.05, 0) is 19.3 Å². The smallest absolute Gasteiger partial charge is 0.321 e. The minimum absolute atomic E-state index is 0.218. The number of ether oxygens (including phenoxy) is 1. The molecular formula is C13H22N4O2S. The van der Waals surface area contributed by atoms with Crippen LogP contribution in [0, 0.1) is 5.92 Å². The summed E-state index contributed by atoms with van der Waals surface area (Å²) in [7, 11) is 0. The number of aromatic nitrogens is 2. The van der Waals surface area contributed by atoms with Crippen molar-refractivity contribution in [2.75, 3.05) is 25.1 Å². The Morgan fingerprint density at radius 1 is 1.45 bits per heavy atom. The largest absolute Gasteiger partial charge is 0.381 e. The third-order valence-electron chi connectivity index (χ3n) is 3.57. The topological polar surface area (TPSA) is 76.1 Å². The Labute approximate surface area is 123 Å². The van der Waals surface area contributed by atoms with Gasteiger partial charge in [-0.15, -0.1) is 10.2 Å². The fourth-order valence-corrected chi connectivity index (χ4v) is 3.22. The first-order valence-corrected chi connectivity index (χ1v) is 8.00. The molecule has 0 aromatic carbocycles. The van der Waals surface area contributed by atoms with E-state index in [9.17, 15) is 4.79 Å². The molecule has 1 aromatic rings. The minimum Gasteiger partial charge on any atom is -0.381 e. The van der Waals surface area contributed by atoms with Crippen molar-refractivity contribution in [3.8, 4) is 0 Å². The van der Waals surface area contributed by atoms with E-state index >= 15 is 0 Å². The number of carbonyl (C=O) groups excluding carboxylic acids is 1. The van der Waals surface area contributed by atoms with Crippen molar-refractivity contribution >= 4 is 22.5 Å². The summed E-state index contributed by atoms with van der Waals surface area (Å²) >= 11 is 1.46. The van der Waals surface area contributed by atoms with Gasteiger partial charge >= 0.3 is 6.03 Å². The van der Waals surface area contributed by atoms with Gasteiger partial charge in [0.15, 0.2) is 0 Å². The molecule has 20 heavy (non-hydrogen) atoms. The lowest BCUT2D eigenvalue weighted by molar-refractivity contribution is 0.185. The maximum Gasteiger partial charge on any atom is 0.321 e. The standard InChI is InChI=1S/C13H22N4O2S/c1-3-10(4-2)11-16-17-13(20-11)15-12(18)14-7-9-5-6-19-8-9/h9-10H,3-8H2,1-2H3,(H2,14,15,17,18)/t9-/m1/s1. The van der Waals surface area contributed by atoms with Crippen LogP contribution in [0.1, 0.15) is 44.0 Å². The number of hydrogen-bond acceptors (Lipinski definition) is 5. The van der Waals surface area contributed by atoms with Crippen LogP contribution in [0.3, 0.4) is 0 Å². The summed E-state index contributed by atoms with van der Waals surface area (Å²) in [5.41, 5.74) is 0. The lowest BCUT2D eigenvalue weighted by Gasteiger charge is -2.09. The molecular weight excluding hydrogens is 276 g/mol. The number of urea groups is 1. The summed E-state index contributed by atoms with van der Waals surface area (Å²) in [6, 6.07) is -0.218. The van der Waals surface area contributed by atoms with E-state index in [0.29, 0.717) is 23.5 Å². The molecule has 2 amide bonds. The van der Waals surface area contributed by atoms with Gasteiger partial charge in [0.1, 0.15) is 5.01 Å². The van der Waals surface area contributed by atoms with Gasteiger partial charge in [0.2, 0.25) is 5.13 Å². The third kappa shape index (κ3) is 4.14. The molecule has 1 aromatic heterocycles. The van der Waals surface area contributed by atoms with E-state index in [4.69, 9.17) is 4.74 Å². The molecule has 2 rings (SSSR count). The highest BCUT2D eigenvalue weighted by atomic mass is 32.1. The molecule has 1 saturated heterocycles. The Bertz CT molecular complexity index is 428. The fourth-order valence-electron chi connectivity index (χ4n) is 2.21. The Morgan fingerprint density at radius 2 is 2.25 bits per heavy atom. The summed E-state index contributed by atoms with van der Waals surface area (Å²) in [4.78, 5) is 11.8. The van der Waals surface area contributed by atoms with Crippen LogP contribution < -0.4 is 10.6 Å². The van der Waals surface area contributed by atoms with Crippen LogP contribution in [0.15, 0.2) is 0 Å². The number of nitrogens with zero attached hydrogens (tertiary/aromatic N) is 2. The molecule has 1 fully saturated rings. The van der Waals surface area contributed by atoms with E-state index in [2.05, 4.69) is 34.7 Å². The van der Waals surface area contributed by atoms with Crippen LogP contribution >= 0.6 is 11.3 Å². The van der Waals surface area contributed by atoms with Gasteiger partial charge in [-0.25, -0.2) is 4.79 Å². The highest BCUT2D eigenvalue weighted by Gasteiger charge is 2.17. The number of amides is 2. The van der Waals surface area contributed by atoms with Crippen LogP contribution in [0.5, 0.6) is 0 Å². The number of nitrogens with one attached hydrogen (secondary N) is 2. The van der Waals surface area contributed by atoms with E-state index in [-0.39, 0.29) is 6.03 Å². The first-order chi connectivity index (χ1) is 9.72. The predicted molar refractivity (Wildman–Crippen MR) is 79.2 cm³/mol. The first kappa shape index (κ1) is 15.2. The quantitative estimate of drug-likeness (QED) is 0.846. The second-order valence-electron chi connectivity index (χ2n) is 5.02. The molecule has 1 atom stereocenters. The second kappa shape index (κ2) is 7.54. The van der Waals surface area contributed by atoms with E-state index in [1.54, 1.807) is 0 Å². The van der Waals surface area contributed by atoms with Crippen LogP contribution in [-0.4, -0.2) is 36.0 Å². The predicted octanol–water partition coefficient (Wildman–Crippen LogP) is 2.60. The van der Waals surface area contributed by atoms with Crippen LogP contribution in [0.2, 0.25) is 0 Å². The molecule has 6 nitrogen and oxygen atoms in total. The lowest BCUT2D eigenvalue weighted by atomic mass is 10.1. The molecule has 0 unspecified atom stereocenters. The molecule has 0 saturated carbocycles. The van der Waals surface area contributed by atoms with Gasteiger partial charge in [0, 0.05) is 25.0 Å². The van der Waals surface area contributed by atoms with E-state index in [1.165, 1.54) is 11.3 Å². The summed E-state index contributed by atoms with van der Waals surface area (Å²) in [6.07, 6.45) is 3.09. The van der Waals surface area contributed by atoms with Crippen molar-refractivity contribution in [2.45, 2.75) is 39.0 Å². The fraction of sp³-hybridized carbons (Fsp3) is 0.769. The first-order valence-electron chi connectivity index (χ1n) is 7.18. The van der Waals surface area contributed by atoms with Crippen molar-refractivity contribution in [2.24, 2.45) is 5.92 Å². The number of anilines is 1. The molecule has 2 N–H and O–H groups in total. The van der Waals surface area contributed by atoms with Gasteiger partial charge in [-0.3, -0.25) is 5.32 Å². The van der Waals surface area contributed by atoms with Gasteiger partial charge in [-0.1, -0.05) is 25.2 Å². The van der Waals surface area contributed by atoms with Crippen molar-refractivity contribution in [3.05, 3.63) is 5.01 Å². The normalized spacial score (nSPS) is 18.4. The minimum atomic E-state index is -0.218. The Balaban J connectivity index is 1.78. The number of hydrogen-bond donors (Lipinski definition) is 2. The van der Waals surface area contributed by atoms with Crippen LogP contribution in [-0.2, 0) is 4.74 Å². The zero-order valence-electron chi connectivity index (χ0n) is 12.0. The average molecular weight is 298 g/mol. The Morgan fingerprint density at radius 3 is 2.90 bits per heavy atom. The Hall–Kier alpha value is -1.21. The van der Waals surface area contributed by atoms with E-state index < -0.39 is 0 Å². The van der Waals surface area contributed by atoms with Gasteiger partial charge in [0.05, 0.1) is 6.61 Å². The molecule has 0 aliphatic carbocycles. The highest BCUT2D eigenvalue weighted by molar-refractivity contribution is 7.15.